The van der Waals surface area contributed by atoms with Gasteiger partial charge in [0.05, 0.1) is 5.75 Å². The van der Waals surface area contributed by atoms with Crippen LogP contribution in [0.2, 0.25) is 0 Å². The smallest absolute Gasteiger partial charge is 0.148 e. The van der Waals surface area contributed by atoms with E-state index in [1.54, 1.807) is 6.20 Å². The minimum Gasteiger partial charge on any atom is -0.324 e. The Balaban J connectivity index is 2.67. The van der Waals surface area contributed by atoms with Crippen LogP contribution in [0.1, 0.15) is 18.5 Å². The summed E-state index contributed by atoms with van der Waals surface area (Å²) in [5.41, 5.74) is 6.76. The molecule has 0 saturated heterocycles. The predicted molar refractivity (Wildman–Crippen MR) is 67.3 cm³/mol. The lowest BCUT2D eigenvalue weighted by molar-refractivity contribution is 0.603. The first kappa shape index (κ1) is 13.5. The first-order chi connectivity index (χ1) is 7.40. The van der Waals surface area contributed by atoms with Crippen molar-refractivity contribution >= 4 is 21.6 Å². The highest BCUT2D eigenvalue weighted by molar-refractivity contribution is 8.00. The van der Waals surface area contributed by atoms with Gasteiger partial charge in [-0.2, -0.15) is 0 Å². The van der Waals surface area contributed by atoms with Crippen LogP contribution in [-0.2, 0) is 9.84 Å². The quantitative estimate of drug-likeness (QED) is 0.806. The fourth-order valence-corrected chi connectivity index (χ4v) is 3.45. The van der Waals surface area contributed by atoms with E-state index in [1.807, 2.05) is 19.1 Å². The highest BCUT2D eigenvalue weighted by atomic mass is 32.2. The van der Waals surface area contributed by atoms with Gasteiger partial charge >= 0.3 is 0 Å². The van der Waals surface area contributed by atoms with Crippen LogP contribution in [0, 0.1) is 0 Å². The van der Waals surface area contributed by atoms with Gasteiger partial charge in [-0.15, -0.1) is 11.8 Å². The Kier molecular flexibility index (Phi) is 4.76. The molecule has 1 aromatic heterocycles. The molecule has 0 aliphatic rings. The average Bonchev–Trinajstić information content (AvgIpc) is 2.16. The first-order valence-electron chi connectivity index (χ1n) is 4.91. The molecule has 0 saturated carbocycles. The van der Waals surface area contributed by atoms with Gasteiger partial charge in [0.25, 0.3) is 0 Å². The largest absolute Gasteiger partial charge is 0.324 e. The summed E-state index contributed by atoms with van der Waals surface area (Å²) in [4.78, 5) is 4.21. The van der Waals surface area contributed by atoms with Crippen LogP contribution < -0.4 is 5.73 Å². The molecule has 4 nitrogen and oxygen atoms in total. The van der Waals surface area contributed by atoms with Gasteiger partial charge in [-0.3, -0.25) is 0 Å². The lowest BCUT2D eigenvalue weighted by atomic mass is 10.2. The topological polar surface area (TPSA) is 73.0 Å². The SMILES string of the molecule is CC(N)c1cccnc1SCCS(C)(=O)=O. The molecular formula is C10H16N2O2S2. The zero-order valence-corrected chi connectivity index (χ0v) is 11.0. The van der Waals surface area contributed by atoms with Crippen LogP contribution in [-0.4, -0.2) is 31.2 Å². The van der Waals surface area contributed by atoms with Crippen LogP contribution in [0.15, 0.2) is 23.4 Å². The molecule has 1 aromatic rings. The van der Waals surface area contributed by atoms with E-state index < -0.39 is 9.84 Å². The summed E-state index contributed by atoms with van der Waals surface area (Å²) in [6, 6.07) is 3.66. The van der Waals surface area contributed by atoms with Crippen molar-refractivity contribution < 1.29 is 8.42 Å². The number of nitrogens with zero attached hydrogens (tertiary/aromatic N) is 1. The van der Waals surface area contributed by atoms with Gasteiger partial charge in [-0.25, -0.2) is 13.4 Å². The fraction of sp³-hybridized carbons (Fsp3) is 0.500. The van der Waals surface area contributed by atoms with Crippen molar-refractivity contribution in [3.05, 3.63) is 23.9 Å². The Morgan fingerprint density at radius 2 is 2.25 bits per heavy atom. The summed E-state index contributed by atoms with van der Waals surface area (Å²) in [5, 5.41) is 0.821. The highest BCUT2D eigenvalue weighted by Crippen LogP contribution is 2.23. The van der Waals surface area contributed by atoms with Crippen molar-refractivity contribution in [1.82, 2.24) is 4.98 Å². The molecule has 16 heavy (non-hydrogen) atoms. The van der Waals surface area contributed by atoms with E-state index in [2.05, 4.69) is 4.98 Å². The molecule has 6 heteroatoms. The van der Waals surface area contributed by atoms with Crippen molar-refractivity contribution in [2.75, 3.05) is 17.8 Å². The molecule has 0 bridgehead atoms. The second-order valence-electron chi connectivity index (χ2n) is 3.66. The van der Waals surface area contributed by atoms with Gasteiger partial charge in [0.2, 0.25) is 0 Å². The number of pyridine rings is 1. The molecule has 0 fully saturated rings. The van der Waals surface area contributed by atoms with Crippen molar-refractivity contribution in [2.24, 2.45) is 5.73 Å². The second kappa shape index (κ2) is 5.65. The monoisotopic (exact) mass is 260 g/mol. The average molecular weight is 260 g/mol. The van der Waals surface area contributed by atoms with Gasteiger partial charge in [-0.1, -0.05) is 6.07 Å². The van der Waals surface area contributed by atoms with E-state index >= 15 is 0 Å². The maximum absolute atomic E-state index is 11.0. The Morgan fingerprint density at radius 3 is 2.81 bits per heavy atom. The summed E-state index contributed by atoms with van der Waals surface area (Å²) in [6.07, 6.45) is 2.92. The van der Waals surface area contributed by atoms with Crippen molar-refractivity contribution in [1.29, 1.82) is 0 Å². The van der Waals surface area contributed by atoms with E-state index in [0.717, 1.165) is 10.6 Å². The normalized spacial score (nSPS) is 13.7. The number of hydrogen-bond donors (Lipinski definition) is 1. The maximum Gasteiger partial charge on any atom is 0.148 e. The van der Waals surface area contributed by atoms with E-state index in [4.69, 9.17) is 5.73 Å². The zero-order valence-electron chi connectivity index (χ0n) is 9.38. The second-order valence-corrected chi connectivity index (χ2v) is 7.01. The van der Waals surface area contributed by atoms with E-state index in [0.29, 0.717) is 5.75 Å². The van der Waals surface area contributed by atoms with Crippen LogP contribution in [0.3, 0.4) is 0 Å². The number of rotatable bonds is 5. The number of thioether (sulfide) groups is 1. The lowest BCUT2D eigenvalue weighted by Gasteiger charge is -2.10. The maximum atomic E-state index is 11.0. The molecule has 1 rings (SSSR count). The zero-order chi connectivity index (χ0) is 12.2. The van der Waals surface area contributed by atoms with Gasteiger partial charge in [0, 0.05) is 29.8 Å². The number of aromatic nitrogens is 1. The van der Waals surface area contributed by atoms with Crippen molar-refractivity contribution in [3.63, 3.8) is 0 Å². The first-order valence-corrected chi connectivity index (χ1v) is 7.96. The van der Waals surface area contributed by atoms with Crippen LogP contribution in [0.5, 0.6) is 0 Å². The molecule has 1 heterocycles. The molecule has 0 radical (unpaired) electrons. The molecule has 2 N–H and O–H groups in total. The molecule has 0 aromatic carbocycles. The molecule has 1 atom stereocenters. The minimum atomic E-state index is -2.91. The fourth-order valence-electron chi connectivity index (χ4n) is 1.16. The summed E-state index contributed by atoms with van der Waals surface area (Å²) >= 11 is 1.43. The van der Waals surface area contributed by atoms with Crippen LogP contribution in [0.4, 0.5) is 0 Å². The summed E-state index contributed by atoms with van der Waals surface area (Å²) < 4.78 is 22.0. The van der Waals surface area contributed by atoms with Gasteiger partial charge < -0.3 is 5.73 Å². The third-order valence-electron chi connectivity index (χ3n) is 1.98. The highest BCUT2D eigenvalue weighted by Gasteiger charge is 2.09. The Labute approximate surface area is 101 Å². The third-order valence-corrected chi connectivity index (χ3v) is 4.21. The Hall–Kier alpha value is -0.590. The third kappa shape index (κ3) is 4.51. The summed E-state index contributed by atoms with van der Waals surface area (Å²) in [7, 11) is -2.91. The van der Waals surface area contributed by atoms with Crippen molar-refractivity contribution in [2.45, 2.75) is 18.0 Å². The number of nitrogens with two attached hydrogens (primary N) is 1. The van der Waals surface area contributed by atoms with E-state index in [9.17, 15) is 8.42 Å². The summed E-state index contributed by atoms with van der Waals surface area (Å²) in [5.74, 6) is 0.669. The Morgan fingerprint density at radius 1 is 1.56 bits per heavy atom. The van der Waals surface area contributed by atoms with E-state index in [1.165, 1.54) is 18.0 Å². The van der Waals surface area contributed by atoms with Gasteiger partial charge in [0.1, 0.15) is 14.9 Å². The van der Waals surface area contributed by atoms with Gasteiger partial charge in [-0.05, 0) is 13.0 Å². The minimum absolute atomic E-state index is 0.0885. The van der Waals surface area contributed by atoms with Crippen molar-refractivity contribution in [3.8, 4) is 0 Å². The summed E-state index contributed by atoms with van der Waals surface area (Å²) in [6.45, 7) is 1.89. The molecule has 0 aliphatic heterocycles. The van der Waals surface area contributed by atoms with Gasteiger partial charge in [0.15, 0.2) is 0 Å². The predicted octanol–water partition coefficient (Wildman–Crippen LogP) is 1.24. The molecular weight excluding hydrogens is 244 g/mol. The Bertz CT molecular complexity index is 444. The molecule has 0 amide bonds. The molecule has 0 spiro atoms. The standard InChI is InChI=1S/C10H16N2O2S2/c1-8(11)9-4-3-5-12-10(9)15-6-7-16(2,13)14/h3-5,8H,6-7,11H2,1-2H3. The number of sulfone groups is 1. The molecule has 0 aliphatic carbocycles. The lowest BCUT2D eigenvalue weighted by Crippen LogP contribution is -2.09. The number of hydrogen-bond acceptors (Lipinski definition) is 5. The van der Waals surface area contributed by atoms with Crippen LogP contribution >= 0.6 is 11.8 Å². The van der Waals surface area contributed by atoms with Crippen LogP contribution in [0.25, 0.3) is 0 Å². The van der Waals surface area contributed by atoms with E-state index in [-0.39, 0.29) is 11.8 Å². The molecule has 1 unspecified atom stereocenters. The molecule has 90 valence electrons.